The summed E-state index contributed by atoms with van der Waals surface area (Å²) in [6.07, 6.45) is 0. The predicted octanol–water partition coefficient (Wildman–Crippen LogP) is 5.12. The van der Waals surface area contributed by atoms with Crippen molar-refractivity contribution >= 4 is 34.8 Å². The molecule has 0 heterocycles. The van der Waals surface area contributed by atoms with E-state index in [1.807, 2.05) is 0 Å². The van der Waals surface area contributed by atoms with Gasteiger partial charge in [-0.3, -0.25) is 9.59 Å². The Morgan fingerprint density at radius 2 is 1.41 bits per heavy atom. The molecule has 0 aliphatic rings. The summed E-state index contributed by atoms with van der Waals surface area (Å²) in [5.41, 5.74) is 0.796. The van der Waals surface area contributed by atoms with Gasteiger partial charge in [0.25, 0.3) is 11.8 Å². The Hall–Kier alpha value is -3.25. The molecule has 0 aliphatic carbocycles. The zero-order chi connectivity index (χ0) is 19.4. The molecule has 27 heavy (non-hydrogen) atoms. The molecule has 0 bridgehead atoms. The molecule has 0 atom stereocenters. The van der Waals surface area contributed by atoms with E-state index in [2.05, 4.69) is 10.6 Å². The summed E-state index contributed by atoms with van der Waals surface area (Å²) in [6, 6.07) is 15.3. The Bertz CT molecular complexity index is 1010. The van der Waals surface area contributed by atoms with Gasteiger partial charge in [0.05, 0.1) is 5.69 Å². The first-order valence-electron chi connectivity index (χ1n) is 7.86. The fourth-order valence-corrected chi connectivity index (χ4v) is 2.45. The number of halogens is 3. The number of rotatable bonds is 4. The van der Waals surface area contributed by atoms with Gasteiger partial charge in [0.2, 0.25) is 0 Å². The number of nitrogens with one attached hydrogen (secondary N) is 2. The molecule has 3 rings (SSSR count). The molecule has 0 radical (unpaired) electrons. The summed E-state index contributed by atoms with van der Waals surface area (Å²) < 4.78 is 26.6. The molecule has 0 aliphatic heterocycles. The third-order valence-corrected chi connectivity index (χ3v) is 3.92. The molecular formula is C20H13ClF2N2O2. The normalized spacial score (nSPS) is 10.3. The lowest BCUT2D eigenvalue weighted by molar-refractivity contribution is 0.102. The summed E-state index contributed by atoms with van der Waals surface area (Å²) in [5, 5.41) is 5.58. The number of anilines is 2. The van der Waals surface area contributed by atoms with Gasteiger partial charge in [0, 0.05) is 27.9 Å². The van der Waals surface area contributed by atoms with Crippen LogP contribution < -0.4 is 10.6 Å². The zero-order valence-electron chi connectivity index (χ0n) is 13.8. The van der Waals surface area contributed by atoms with Crippen LogP contribution in [0.4, 0.5) is 20.2 Å². The van der Waals surface area contributed by atoms with Gasteiger partial charge in [0.15, 0.2) is 0 Å². The molecule has 0 fully saturated rings. The Morgan fingerprint density at radius 1 is 0.778 bits per heavy atom. The van der Waals surface area contributed by atoms with E-state index >= 15 is 0 Å². The largest absolute Gasteiger partial charge is 0.322 e. The molecule has 0 aromatic heterocycles. The summed E-state index contributed by atoms with van der Waals surface area (Å²) in [5.74, 6) is -2.67. The van der Waals surface area contributed by atoms with Crippen LogP contribution in [0.2, 0.25) is 5.02 Å². The molecule has 7 heteroatoms. The highest BCUT2D eigenvalue weighted by atomic mass is 35.5. The highest BCUT2D eigenvalue weighted by Gasteiger charge is 2.13. The number of hydrogen-bond donors (Lipinski definition) is 2. The summed E-state index contributed by atoms with van der Waals surface area (Å²) in [4.78, 5) is 24.7. The number of carbonyl (C=O) groups is 2. The topological polar surface area (TPSA) is 58.2 Å². The van der Waals surface area contributed by atoms with Gasteiger partial charge in [0.1, 0.15) is 11.6 Å². The first kappa shape index (κ1) is 18.5. The fourth-order valence-electron chi connectivity index (χ4n) is 2.32. The molecular weight excluding hydrogens is 374 g/mol. The molecule has 3 aromatic carbocycles. The van der Waals surface area contributed by atoms with Crippen molar-refractivity contribution in [3.05, 3.63) is 94.5 Å². The Labute approximate surface area is 158 Å². The van der Waals surface area contributed by atoms with E-state index in [4.69, 9.17) is 11.6 Å². The Balaban J connectivity index is 1.75. The van der Waals surface area contributed by atoms with E-state index in [1.54, 1.807) is 30.3 Å². The number of carbonyl (C=O) groups excluding carboxylic acids is 2. The van der Waals surface area contributed by atoms with Crippen molar-refractivity contribution in [2.24, 2.45) is 0 Å². The van der Waals surface area contributed by atoms with Crippen molar-refractivity contribution in [1.82, 2.24) is 0 Å². The third kappa shape index (κ3) is 4.68. The first-order valence-corrected chi connectivity index (χ1v) is 8.23. The van der Waals surface area contributed by atoms with Crippen LogP contribution >= 0.6 is 11.6 Å². The van der Waals surface area contributed by atoms with E-state index in [0.717, 1.165) is 12.1 Å². The van der Waals surface area contributed by atoms with Gasteiger partial charge in [-0.1, -0.05) is 17.7 Å². The van der Waals surface area contributed by atoms with Crippen LogP contribution in [-0.4, -0.2) is 11.8 Å². The first-order chi connectivity index (χ1) is 12.9. The zero-order valence-corrected chi connectivity index (χ0v) is 14.6. The van der Waals surface area contributed by atoms with Gasteiger partial charge in [-0.2, -0.15) is 0 Å². The molecule has 4 nitrogen and oxygen atoms in total. The Kier molecular flexibility index (Phi) is 5.47. The van der Waals surface area contributed by atoms with Gasteiger partial charge in [-0.25, -0.2) is 8.78 Å². The van der Waals surface area contributed by atoms with E-state index in [0.29, 0.717) is 16.8 Å². The second-order valence-corrected chi connectivity index (χ2v) is 6.06. The van der Waals surface area contributed by atoms with Crippen LogP contribution in [0.1, 0.15) is 20.7 Å². The lowest BCUT2D eigenvalue weighted by Gasteiger charge is -2.09. The van der Waals surface area contributed by atoms with Crippen LogP contribution in [0.5, 0.6) is 0 Å². The highest BCUT2D eigenvalue weighted by molar-refractivity contribution is 6.30. The molecule has 0 saturated carbocycles. The monoisotopic (exact) mass is 386 g/mol. The van der Waals surface area contributed by atoms with Crippen molar-refractivity contribution in [2.45, 2.75) is 0 Å². The average Bonchev–Trinajstić information content (AvgIpc) is 2.66. The van der Waals surface area contributed by atoms with Gasteiger partial charge < -0.3 is 10.6 Å². The minimum atomic E-state index is -0.889. The van der Waals surface area contributed by atoms with Crippen LogP contribution in [0.25, 0.3) is 0 Å². The minimum Gasteiger partial charge on any atom is -0.322 e. The van der Waals surface area contributed by atoms with Crippen molar-refractivity contribution in [3.8, 4) is 0 Å². The Morgan fingerprint density at radius 3 is 2.04 bits per heavy atom. The van der Waals surface area contributed by atoms with E-state index in [9.17, 15) is 18.4 Å². The van der Waals surface area contributed by atoms with Crippen molar-refractivity contribution in [3.63, 3.8) is 0 Å². The second-order valence-electron chi connectivity index (χ2n) is 5.62. The van der Waals surface area contributed by atoms with E-state index < -0.39 is 23.4 Å². The maximum absolute atomic E-state index is 13.7. The van der Waals surface area contributed by atoms with Crippen LogP contribution in [0.15, 0.2) is 66.7 Å². The molecule has 0 spiro atoms. The molecule has 2 N–H and O–H groups in total. The van der Waals surface area contributed by atoms with Crippen molar-refractivity contribution in [1.29, 1.82) is 0 Å². The van der Waals surface area contributed by atoms with Crippen molar-refractivity contribution in [2.75, 3.05) is 10.6 Å². The van der Waals surface area contributed by atoms with Crippen LogP contribution in [-0.2, 0) is 0 Å². The highest BCUT2D eigenvalue weighted by Crippen LogP contribution is 2.18. The second kappa shape index (κ2) is 7.97. The van der Waals surface area contributed by atoms with Gasteiger partial charge in [-0.15, -0.1) is 0 Å². The number of amides is 2. The fraction of sp³-hybridized carbons (Fsp3) is 0. The minimum absolute atomic E-state index is 0.155. The lowest BCUT2D eigenvalue weighted by atomic mass is 10.1. The third-order valence-electron chi connectivity index (χ3n) is 3.67. The number of hydrogen-bond acceptors (Lipinski definition) is 2. The quantitative estimate of drug-likeness (QED) is 0.653. The van der Waals surface area contributed by atoms with Gasteiger partial charge in [-0.05, 0) is 54.6 Å². The van der Waals surface area contributed by atoms with Crippen LogP contribution in [0, 0.1) is 11.6 Å². The van der Waals surface area contributed by atoms with E-state index in [1.165, 1.54) is 18.2 Å². The lowest BCUT2D eigenvalue weighted by Crippen LogP contribution is -2.16. The SMILES string of the molecule is O=C(Nc1ccc(Cl)cc1)c1cccc(C(=O)Nc2ccc(F)cc2F)c1. The predicted molar refractivity (Wildman–Crippen MR) is 100 cm³/mol. The molecule has 3 aromatic rings. The van der Waals surface area contributed by atoms with E-state index in [-0.39, 0.29) is 16.8 Å². The number of benzene rings is 3. The summed E-state index contributed by atoms with van der Waals surface area (Å²) >= 11 is 5.80. The maximum atomic E-state index is 13.7. The molecule has 0 unspecified atom stereocenters. The van der Waals surface area contributed by atoms with Crippen molar-refractivity contribution < 1.29 is 18.4 Å². The molecule has 136 valence electrons. The average molecular weight is 387 g/mol. The smallest absolute Gasteiger partial charge is 0.255 e. The van der Waals surface area contributed by atoms with Crippen LogP contribution in [0.3, 0.4) is 0 Å². The standard InChI is InChI=1S/C20H13ClF2N2O2/c21-14-4-7-16(8-5-14)24-19(26)12-2-1-3-13(10-12)20(27)25-18-9-6-15(22)11-17(18)23/h1-11H,(H,24,26)(H,25,27). The molecule has 0 saturated heterocycles. The maximum Gasteiger partial charge on any atom is 0.255 e. The summed E-state index contributed by atoms with van der Waals surface area (Å²) in [6.45, 7) is 0. The summed E-state index contributed by atoms with van der Waals surface area (Å²) in [7, 11) is 0. The molecule has 2 amide bonds. The van der Waals surface area contributed by atoms with Gasteiger partial charge >= 0.3 is 0 Å².